The number of rotatable bonds is 2. The van der Waals surface area contributed by atoms with Crippen LogP contribution in [0.1, 0.15) is 15.9 Å². The van der Waals surface area contributed by atoms with Crippen molar-refractivity contribution >= 4 is 27.4 Å². The molecule has 0 aliphatic heterocycles. The van der Waals surface area contributed by atoms with Crippen LogP contribution >= 0.6 is 15.9 Å². The molecule has 4 heteroatoms. The zero-order valence-electron chi connectivity index (χ0n) is 8.35. The van der Waals surface area contributed by atoms with E-state index in [0.717, 1.165) is 0 Å². The lowest BCUT2D eigenvalue weighted by molar-refractivity contribution is 0.103. The van der Waals surface area contributed by atoms with E-state index in [-0.39, 0.29) is 5.78 Å². The van der Waals surface area contributed by atoms with Gasteiger partial charge in [0.1, 0.15) is 0 Å². The van der Waals surface area contributed by atoms with E-state index >= 15 is 0 Å². The summed E-state index contributed by atoms with van der Waals surface area (Å²) in [4.78, 5) is 16.1. The minimum absolute atomic E-state index is 0.127. The van der Waals surface area contributed by atoms with Gasteiger partial charge in [-0.1, -0.05) is 6.07 Å². The summed E-state index contributed by atoms with van der Waals surface area (Å²) >= 11 is 3.32. The van der Waals surface area contributed by atoms with Gasteiger partial charge in [-0.3, -0.25) is 9.78 Å². The summed E-state index contributed by atoms with van der Waals surface area (Å²) in [5.74, 6) is -0.127. The van der Waals surface area contributed by atoms with Gasteiger partial charge in [0.15, 0.2) is 5.78 Å². The summed E-state index contributed by atoms with van der Waals surface area (Å²) in [6, 6.07) is 8.72. The normalized spacial score (nSPS) is 10.1. The quantitative estimate of drug-likeness (QED) is 0.678. The first-order valence-corrected chi connectivity index (χ1v) is 5.48. The smallest absolute Gasteiger partial charge is 0.197 e. The number of nitrogens with two attached hydrogens (primary N) is 1. The van der Waals surface area contributed by atoms with Crippen LogP contribution < -0.4 is 5.73 Å². The molecule has 0 fully saturated rings. The number of nitrogens with zero attached hydrogens (tertiary/aromatic N) is 1. The predicted molar refractivity (Wildman–Crippen MR) is 66.2 cm³/mol. The van der Waals surface area contributed by atoms with Crippen LogP contribution in [0.4, 0.5) is 5.69 Å². The molecule has 0 amide bonds. The summed E-state index contributed by atoms with van der Waals surface area (Å²) in [5, 5.41) is 0. The highest BCUT2D eigenvalue weighted by Crippen LogP contribution is 2.25. The van der Waals surface area contributed by atoms with Crippen molar-refractivity contribution < 1.29 is 4.79 Å². The van der Waals surface area contributed by atoms with E-state index in [1.54, 1.807) is 36.5 Å². The summed E-state index contributed by atoms with van der Waals surface area (Å²) < 4.78 is 0.696. The number of halogens is 1. The Bertz CT molecular complexity index is 506. The predicted octanol–water partition coefficient (Wildman–Crippen LogP) is 2.66. The van der Waals surface area contributed by atoms with E-state index in [0.29, 0.717) is 21.3 Å². The van der Waals surface area contributed by atoms with Crippen molar-refractivity contribution in [3.63, 3.8) is 0 Å². The van der Waals surface area contributed by atoms with Crippen molar-refractivity contribution in [2.75, 3.05) is 5.73 Å². The molecule has 0 radical (unpaired) electrons. The lowest BCUT2D eigenvalue weighted by Gasteiger charge is -2.06. The van der Waals surface area contributed by atoms with Gasteiger partial charge in [0, 0.05) is 28.1 Å². The van der Waals surface area contributed by atoms with Crippen molar-refractivity contribution in [3.05, 3.63) is 58.3 Å². The molecule has 16 heavy (non-hydrogen) atoms. The van der Waals surface area contributed by atoms with Gasteiger partial charge in [0.2, 0.25) is 0 Å². The molecule has 0 saturated heterocycles. The number of anilines is 1. The van der Waals surface area contributed by atoms with Crippen LogP contribution in [-0.2, 0) is 0 Å². The van der Waals surface area contributed by atoms with Gasteiger partial charge < -0.3 is 5.73 Å². The Balaban J connectivity index is 2.50. The molecular weight excluding hydrogens is 268 g/mol. The highest BCUT2D eigenvalue weighted by atomic mass is 79.9. The van der Waals surface area contributed by atoms with Gasteiger partial charge in [0.05, 0.1) is 5.56 Å². The van der Waals surface area contributed by atoms with Crippen molar-refractivity contribution in [3.8, 4) is 0 Å². The first-order chi connectivity index (χ1) is 7.70. The molecule has 0 saturated carbocycles. The second-order valence-electron chi connectivity index (χ2n) is 3.27. The third-order valence-electron chi connectivity index (χ3n) is 2.20. The molecule has 1 aromatic carbocycles. The molecule has 80 valence electrons. The molecule has 2 N–H and O–H groups in total. The molecule has 2 rings (SSSR count). The first-order valence-electron chi connectivity index (χ1n) is 4.69. The maximum absolute atomic E-state index is 12.1. The Morgan fingerprint density at radius 1 is 1.25 bits per heavy atom. The van der Waals surface area contributed by atoms with E-state index in [2.05, 4.69) is 20.9 Å². The Morgan fingerprint density at radius 2 is 2.06 bits per heavy atom. The maximum Gasteiger partial charge on any atom is 0.197 e. The minimum atomic E-state index is -0.127. The number of nitrogen functional groups attached to an aromatic ring is 1. The topological polar surface area (TPSA) is 56.0 Å². The fourth-order valence-electron chi connectivity index (χ4n) is 1.42. The highest BCUT2D eigenvalue weighted by Gasteiger charge is 2.15. The van der Waals surface area contributed by atoms with Crippen molar-refractivity contribution in [1.29, 1.82) is 0 Å². The summed E-state index contributed by atoms with van der Waals surface area (Å²) in [6.45, 7) is 0. The Labute approximate surface area is 101 Å². The van der Waals surface area contributed by atoms with Crippen LogP contribution in [0.15, 0.2) is 47.2 Å². The molecule has 0 atom stereocenters. The maximum atomic E-state index is 12.1. The molecular formula is C12H9BrN2O. The number of carbonyl (C=O) groups is 1. The van der Waals surface area contributed by atoms with Crippen LogP contribution in [-0.4, -0.2) is 10.8 Å². The van der Waals surface area contributed by atoms with E-state index in [9.17, 15) is 4.79 Å². The Morgan fingerprint density at radius 3 is 2.69 bits per heavy atom. The van der Waals surface area contributed by atoms with Gasteiger partial charge in [-0.05, 0) is 40.2 Å². The third-order valence-corrected chi connectivity index (χ3v) is 2.86. The number of ketones is 1. The van der Waals surface area contributed by atoms with Crippen LogP contribution in [0.25, 0.3) is 0 Å². The average molecular weight is 277 g/mol. The number of hydrogen-bond acceptors (Lipinski definition) is 3. The van der Waals surface area contributed by atoms with Gasteiger partial charge in [-0.2, -0.15) is 0 Å². The van der Waals surface area contributed by atoms with Gasteiger partial charge >= 0.3 is 0 Å². The number of aromatic nitrogens is 1. The van der Waals surface area contributed by atoms with Crippen molar-refractivity contribution in [2.45, 2.75) is 0 Å². The molecule has 1 heterocycles. The molecule has 0 spiro atoms. The van der Waals surface area contributed by atoms with Gasteiger partial charge in [-0.25, -0.2) is 0 Å². The monoisotopic (exact) mass is 276 g/mol. The van der Waals surface area contributed by atoms with Crippen LogP contribution in [0.5, 0.6) is 0 Å². The second kappa shape index (κ2) is 4.45. The summed E-state index contributed by atoms with van der Waals surface area (Å²) in [6.07, 6.45) is 3.15. The molecule has 3 nitrogen and oxygen atoms in total. The summed E-state index contributed by atoms with van der Waals surface area (Å²) in [5.41, 5.74) is 7.26. The van der Waals surface area contributed by atoms with E-state index < -0.39 is 0 Å². The standard InChI is InChI=1S/C12H9BrN2O/c13-9-4-1-5-10(14)11(9)12(16)8-3-2-6-15-7-8/h1-7H,14H2. The van der Waals surface area contributed by atoms with Crippen molar-refractivity contribution in [1.82, 2.24) is 4.98 Å². The third kappa shape index (κ3) is 1.97. The highest BCUT2D eigenvalue weighted by molar-refractivity contribution is 9.10. The zero-order valence-corrected chi connectivity index (χ0v) is 9.94. The van der Waals surface area contributed by atoms with Gasteiger partial charge in [0.25, 0.3) is 0 Å². The fourth-order valence-corrected chi connectivity index (χ4v) is 1.98. The minimum Gasteiger partial charge on any atom is -0.398 e. The Kier molecular flexibility index (Phi) is 3.01. The number of benzene rings is 1. The van der Waals surface area contributed by atoms with E-state index in [1.807, 2.05) is 0 Å². The molecule has 0 aliphatic carbocycles. The second-order valence-corrected chi connectivity index (χ2v) is 4.13. The van der Waals surface area contributed by atoms with Crippen LogP contribution in [0.2, 0.25) is 0 Å². The fraction of sp³-hybridized carbons (Fsp3) is 0. The Hall–Kier alpha value is -1.68. The SMILES string of the molecule is Nc1cccc(Br)c1C(=O)c1cccnc1. The largest absolute Gasteiger partial charge is 0.398 e. The lowest BCUT2D eigenvalue weighted by Crippen LogP contribution is -2.06. The molecule has 1 aromatic heterocycles. The summed E-state index contributed by atoms with van der Waals surface area (Å²) in [7, 11) is 0. The van der Waals surface area contributed by atoms with Crippen molar-refractivity contribution in [2.24, 2.45) is 0 Å². The average Bonchev–Trinajstić information content (AvgIpc) is 2.30. The van der Waals surface area contributed by atoms with E-state index in [1.165, 1.54) is 6.20 Å². The van der Waals surface area contributed by atoms with E-state index in [4.69, 9.17) is 5.73 Å². The number of carbonyl (C=O) groups excluding carboxylic acids is 1. The zero-order chi connectivity index (χ0) is 11.5. The number of pyridine rings is 1. The molecule has 2 aromatic rings. The van der Waals surface area contributed by atoms with Gasteiger partial charge in [-0.15, -0.1) is 0 Å². The molecule has 0 bridgehead atoms. The molecule has 0 aliphatic rings. The molecule has 0 unspecified atom stereocenters. The van der Waals surface area contributed by atoms with Crippen LogP contribution in [0, 0.1) is 0 Å². The van der Waals surface area contributed by atoms with Crippen LogP contribution in [0.3, 0.4) is 0 Å². The first kappa shape index (κ1) is 10.8. The lowest BCUT2D eigenvalue weighted by atomic mass is 10.0. The number of hydrogen-bond donors (Lipinski definition) is 1.